The fourth-order valence-corrected chi connectivity index (χ4v) is 7.58. The van der Waals surface area contributed by atoms with Crippen LogP contribution >= 0.6 is 0 Å². The van der Waals surface area contributed by atoms with Gasteiger partial charge in [0.1, 0.15) is 17.3 Å². The van der Waals surface area contributed by atoms with E-state index in [1.807, 2.05) is 67.8 Å². The summed E-state index contributed by atoms with van der Waals surface area (Å²) >= 11 is 0. The second-order valence-electron chi connectivity index (χ2n) is 19.8. The van der Waals surface area contributed by atoms with E-state index in [0.29, 0.717) is 28.7 Å². The van der Waals surface area contributed by atoms with E-state index in [1.54, 1.807) is 18.5 Å². The molecule has 6 nitrogen and oxygen atoms in total. The van der Waals surface area contributed by atoms with Gasteiger partial charge in [0.15, 0.2) is 5.82 Å². The first-order valence-corrected chi connectivity index (χ1v) is 20.3. The summed E-state index contributed by atoms with van der Waals surface area (Å²) < 4.78 is 31.0. The third-order valence-electron chi connectivity index (χ3n) is 10.8. The zero-order valence-electron chi connectivity index (χ0n) is 38.1. The Balaban J connectivity index is 1.24. The van der Waals surface area contributed by atoms with Crippen LogP contribution in [0.4, 0.5) is 0 Å². The molecule has 8 aromatic rings. The predicted molar refractivity (Wildman–Crippen MR) is 239 cm³/mol. The fourth-order valence-electron chi connectivity index (χ4n) is 7.58. The molecule has 0 atom stereocenters. The minimum atomic E-state index is -1.57. The highest BCUT2D eigenvalue weighted by molar-refractivity contribution is 6.09. The number of pyridine rings is 2. The van der Waals surface area contributed by atoms with Crippen molar-refractivity contribution in [2.45, 2.75) is 106 Å². The third-order valence-corrected chi connectivity index (χ3v) is 10.8. The van der Waals surface area contributed by atoms with Gasteiger partial charge in [-0.1, -0.05) is 119 Å². The molecule has 4 aromatic carbocycles. The molecule has 0 N–H and O–H groups in total. The van der Waals surface area contributed by atoms with Crippen LogP contribution < -0.4 is 9.30 Å². The van der Waals surface area contributed by atoms with Crippen LogP contribution in [0.25, 0.3) is 50.2 Å². The van der Waals surface area contributed by atoms with Crippen LogP contribution in [-0.2, 0) is 22.6 Å². The highest BCUT2D eigenvalue weighted by Crippen LogP contribution is 2.37. The van der Waals surface area contributed by atoms with Gasteiger partial charge in [-0.25, -0.2) is 4.98 Å². The summed E-state index contributed by atoms with van der Waals surface area (Å²) in [6.07, 6.45) is 5.63. The molecular formula is C52H57N5O. The maximum atomic E-state index is 8.99. The van der Waals surface area contributed by atoms with E-state index in [2.05, 4.69) is 132 Å². The van der Waals surface area contributed by atoms with Gasteiger partial charge in [0, 0.05) is 38.0 Å². The molecule has 4 heterocycles. The lowest BCUT2D eigenvalue weighted by atomic mass is 9.80. The minimum absolute atomic E-state index is 0.0401. The molecule has 0 aliphatic rings. The van der Waals surface area contributed by atoms with Gasteiger partial charge in [0.2, 0.25) is 0 Å². The van der Waals surface area contributed by atoms with Crippen LogP contribution in [0, 0.1) is 11.7 Å². The van der Waals surface area contributed by atoms with Crippen molar-refractivity contribution in [3.63, 3.8) is 0 Å². The molecule has 0 saturated heterocycles. The Bertz CT molecular complexity index is 2890. The molecule has 0 saturated carbocycles. The lowest BCUT2D eigenvalue weighted by molar-refractivity contribution is -0.572. The van der Waals surface area contributed by atoms with E-state index in [-0.39, 0.29) is 16.2 Å². The van der Waals surface area contributed by atoms with Crippen LogP contribution in [0.1, 0.15) is 108 Å². The molecule has 0 aliphatic carbocycles. The van der Waals surface area contributed by atoms with Gasteiger partial charge >= 0.3 is 0 Å². The molecule has 0 fully saturated rings. The normalized spacial score (nSPS) is 13.7. The zero-order chi connectivity index (χ0) is 43.2. The summed E-state index contributed by atoms with van der Waals surface area (Å²) in [6, 6.07) is 35.5. The lowest BCUT2D eigenvalue weighted by Crippen LogP contribution is -2.31. The summed E-state index contributed by atoms with van der Waals surface area (Å²) in [7, 11) is 0. The van der Waals surface area contributed by atoms with E-state index >= 15 is 0 Å². The summed E-state index contributed by atoms with van der Waals surface area (Å²) in [5, 5.41) is 2.13. The van der Waals surface area contributed by atoms with Crippen molar-refractivity contribution in [3.8, 4) is 28.8 Å². The average Bonchev–Trinajstić information content (AvgIpc) is 3.72. The van der Waals surface area contributed by atoms with Crippen molar-refractivity contribution in [1.82, 2.24) is 19.1 Å². The molecule has 0 amide bonds. The molecule has 296 valence electrons. The van der Waals surface area contributed by atoms with Crippen LogP contribution in [0.3, 0.4) is 0 Å². The molecule has 0 bridgehead atoms. The van der Waals surface area contributed by atoms with Crippen LogP contribution in [0.15, 0.2) is 116 Å². The molecule has 0 radical (unpaired) electrons. The van der Waals surface area contributed by atoms with Crippen LogP contribution in [0.5, 0.6) is 11.5 Å². The van der Waals surface area contributed by atoms with Crippen LogP contribution in [0.2, 0.25) is 0 Å². The Morgan fingerprint density at radius 2 is 1.22 bits per heavy atom. The summed E-state index contributed by atoms with van der Waals surface area (Å²) in [5.41, 5.74) is 8.61. The topological polar surface area (TPSA) is 48.8 Å². The molecule has 0 aliphatic heterocycles. The van der Waals surface area contributed by atoms with E-state index in [1.165, 1.54) is 16.7 Å². The first kappa shape index (κ1) is 36.6. The van der Waals surface area contributed by atoms with Gasteiger partial charge in [0.25, 0.3) is 6.33 Å². The zero-order valence-corrected chi connectivity index (χ0v) is 36.1. The number of hydrogen-bond acceptors (Lipinski definition) is 3. The Kier molecular flexibility index (Phi) is 8.81. The predicted octanol–water partition coefficient (Wildman–Crippen LogP) is 12.9. The largest absolute Gasteiger partial charge is 0.458 e. The number of benzene rings is 4. The molecule has 6 heteroatoms. The van der Waals surface area contributed by atoms with Gasteiger partial charge in [0.05, 0.1) is 27.8 Å². The van der Waals surface area contributed by atoms with Gasteiger partial charge in [-0.15, -0.1) is 0 Å². The van der Waals surface area contributed by atoms with Crippen molar-refractivity contribution < 1.29 is 12.0 Å². The van der Waals surface area contributed by atoms with Crippen LogP contribution in [-0.4, -0.2) is 19.1 Å². The molecule has 8 rings (SSSR count). The maximum Gasteiger partial charge on any atom is 0.271 e. The number of nitrogens with zero attached hydrogens (tertiary/aromatic N) is 5. The van der Waals surface area contributed by atoms with E-state index in [4.69, 9.17) is 17.4 Å². The van der Waals surface area contributed by atoms with E-state index in [0.717, 1.165) is 38.5 Å². The third kappa shape index (κ3) is 7.65. The number of imidazole rings is 1. The molecular weight excluding hydrogens is 711 g/mol. The Labute approximate surface area is 347 Å². The van der Waals surface area contributed by atoms with Crippen molar-refractivity contribution in [1.29, 1.82) is 0 Å². The van der Waals surface area contributed by atoms with Crippen molar-refractivity contribution >= 4 is 32.8 Å². The highest BCUT2D eigenvalue weighted by atomic mass is 16.5. The Hall–Kier alpha value is -5.75. The number of para-hydroxylation sites is 1. The summed E-state index contributed by atoms with van der Waals surface area (Å²) in [4.78, 5) is 9.67. The van der Waals surface area contributed by atoms with Gasteiger partial charge in [-0.2, -0.15) is 0 Å². The number of rotatable bonds is 6. The number of aromatic nitrogens is 5. The molecule has 0 unspecified atom stereocenters. The summed E-state index contributed by atoms with van der Waals surface area (Å²) in [5.74, 6) is 2.63. The SMILES string of the molecule is [2H]C([2H])(c1ccnc(-n2c3ccccc3c3ccc(Oc4ccnc(-n5[c-][n+](-c6cc(C(C)(C)C)cc(C(C)(C)C)c6)c6ccc(C(C)(C)C)cc65)c4)cc32)c1)C(C)(C)C. The second kappa shape index (κ2) is 14.0. The van der Waals surface area contributed by atoms with E-state index in [9.17, 15) is 0 Å². The first-order chi connectivity index (χ1) is 28.0. The molecule has 4 aromatic heterocycles. The number of hydrogen-bond donors (Lipinski definition) is 0. The molecule has 0 spiro atoms. The second-order valence-corrected chi connectivity index (χ2v) is 19.8. The lowest BCUT2D eigenvalue weighted by Gasteiger charge is -2.26. The van der Waals surface area contributed by atoms with Gasteiger partial charge in [-0.05, 0) is 105 Å². The highest BCUT2D eigenvalue weighted by Gasteiger charge is 2.24. The minimum Gasteiger partial charge on any atom is -0.458 e. The number of fused-ring (bicyclic) bond motifs is 4. The standard InChI is InChI=1S/C52H57N5O/c1-49(2,3)32-34-21-23-54-48(25-34)57-43-16-14-13-15-41(43)42-19-18-39(30-45(42)57)58-40-22-24-53-47(31-40)56-33-55(44-20-17-35(29-46(44)56)50(4,5)6)38-27-36(51(7,8)9)26-37(28-38)52(10,11)12/h13-31H,32H2,1-12H3/i32D2. The van der Waals surface area contributed by atoms with Crippen molar-refractivity contribution in [2.75, 3.05) is 0 Å². The smallest absolute Gasteiger partial charge is 0.271 e. The van der Waals surface area contributed by atoms with Gasteiger partial charge in [-0.3, -0.25) is 18.7 Å². The summed E-state index contributed by atoms with van der Waals surface area (Å²) in [6.45, 7) is 26.1. The monoisotopic (exact) mass is 769 g/mol. The maximum absolute atomic E-state index is 8.99. The number of ether oxygens (including phenoxy) is 1. The average molecular weight is 770 g/mol. The fraction of sp³-hybridized carbons (Fsp3) is 0.327. The quantitative estimate of drug-likeness (QED) is 0.125. The van der Waals surface area contributed by atoms with Crippen molar-refractivity contribution in [3.05, 3.63) is 144 Å². The van der Waals surface area contributed by atoms with Gasteiger partial charge < -0.3 is 4.74 Å². The first-order valence-electron chi connectivity index (χ1n) is 21.3. The van der Waals surface area contributed by atoms with Crippen molar-refractivity contribution in [2.24, 2.45) is 5.41 Å². The Morgan fingerprint density at radius 1 is 0.586 bits per heavy atom. The van der Waals surface area contributed by atoms with E-state index < -0.39 is 11.8 Å². The molecule has 58 heavy (non-hydrogen) atoms. The Morgan fingerprint density at radius 3 is 1.91 bits per heavy atom.